The summed E-state index contributed by atoms with van der Waals surface area (Å²) >= 11 is 0. The van der Waals surface area contributed by atoms with Gasteiger partial charge in [-0.05, 0) is 18.4 Å². The topological polar surface area (TPSA) is 43.1 Å². The summed E-state index contributed by atoms with van der Waals surface area (Å²) in [4.78, 5) is 10.3. The SMILES string of the molecule is CCCCCCCCCCC=Cc1cccc([N+](=O)[O-])c1. The van der Waals surface area contributed by atoms with Gasteiger partial charge in [-0.2, -0.15) is 0 Å². The van der Waals surface area contributed by atoms with Crippen LogP contribution in [-0.4, -0.2) is 4.92 Å². The van der Waals surface area contributed by atoms with E-state index in [4.69, 9.17) is 0 Å². The lowest BCUT2D eigenvalue weighted by Gasteiger charge is -2.00. The van der Waals surface area contributed by atoms with E-state index in [1.54, 1.807) is 12.1 Å². The molecule has 0 bridgehead atoms. The number of nitro benzene ring substituents is 1. The predicted octanol–water partition coefficient (Wildman–Crippen LogP) is 6.14. The van der Waals surface area contributed by atoms with Crippen molar-refractivity contribution in [3.8, 4) is 0 Å². The molecule has 0 N–H and O–H groups in total. The first-order chi connectivity index (χ1) is 10.2. The van der Waals surface area contributed by atoms with Gasteiger partial charge in [0.05, 0.1) is 4.92 Å². The minimum atomic E-state index is -0.351. The summed E-state index contributed by atoms with van der Waals surface area (Å²) in [7, 11) is 0. The molecule has 0 aromatic heterocycles. The molecule has 3 heteroatoms. The number of nitro groups is 1. The van der Waals surface area contributed by atoms with Crippen molar-refractivity contribution in [1.29, 1.82) is 0 Å². The lowest BCUT2D eigenvalue weighted by Crippen LogP contribution is -1.87. The molecular formula is C18H27NO2. The van der Waals surface area contributed by atoms with Crippen molar-refractivity contribution in [1.82, 2.24) is 0 Å². The fourth-order valence-electron chi connectivity index (χ4n) is 2.36. The highest BCUT2D eigenvalue weighted by Crippen LogP contribution is 2.15. The van der Waals surface area contributed by atoms with Crippen LogP contribution in [0.25, 0.3) is 6.08 Å². The molecule has 0 unspecified atom stereocenters. The molecule has 0 aliphatic carbocycles. The van der Waals surface area contributed by atoms with E-state index in [9.17, 15) is 10.1 Å². The quantitative estimate of drug-likeness (QED) is 0.279. The number of benzene rings is 1. The van der Waals surface area contributed by atoms with Crippen molar-refractivity contribution in [2.75, 3.05) is 0 Å². The van der Waals surface area contributed by atoms with E-state index >= 15 is 0 Å². The molecular weight excluding hydrogens is 262 g/mol. The van der Waals surface area contributed by atoms with E-state index in [2.05, 4.69) is 13.0 Å². The molecule has 0 heterocycles. The second kappa shape index (κ2) is 11.1. The van der Waals surface area contributed by atoms with Crippen LogP contribution in [0.1, 0.15) is 70.3 Å². The van der Waals surface area contributed by atoms with E-state index < -0.39 is 0 Å². The average molecular weight is 289 g/mol. The van der Waals surface area contributed by atoms with Crippen molar-refractivity contribution in [2.45, 2.75) is 64.7 Å². The largest absolute Gasteiger partial charge is 0.270 e. The van der Waals surface area contributed by atoms with E-state index in [-0.39, 0.29) is 10.6 Å². The van der Waals surface area contributed by atoms with Gasteiger partial charge in [-0.3, -0.25) is 10.1 Å². The van der Waals surface area contributed by atoms with E-state index in [0.29, 0.717) is 0 Å². The minimum absolute atomic E-state index is 0.157. The number of hydrogen-bond donors (Lipinski definition) is 0. The maximum atomic E-state index is 10.7. The van der Waals surface area contributed by atoms with E-state index in [1.165, 1.54) is 57.4 Å². The Kier molecular flexibility index (Phi) is 9.18. The molecule has 1 rings (SSSR count). The molecule has 0 radical (unpaired) electrons. The van der Waals surface area contributed by atoms with Gasteiger partial charge in [0.2, 0.25) is 0 Å². The third-order valence-electron chi connectivity index (χ3n) is 3.62. The minimum Gasteiger partial charge on any atom is -0.258 e. The Balaban J connectivity index is 2.12. The molecule has 0 atom stereocenters. The van der Waals surface area contributed by atoms with Crippen LogP contribution >= 0.6 is 0 Å². The summed E-state index contributed by atoms with van der Waals surface area (Å²) in [5, 5.41) is 10.7. The molecule has 0 fully saturated rings. The summed E-state index contributed by atoms with van der Waals surface area (Å²) in [6.07, 6.45) is 15.8. The van der Waals surface area contributed by atoms with Crippen molar-refractivity contribution < 1.29 is 4.92 Å². The van der Waals surface area contributed by atoms with Gasteiger partial charge in [0, 0.05) is 12.1 Å². The Morgan fingerprint density at radius 1 is 1.05 bits per heavy atom. The Labute approximate surface area is 128 Å². The Morgan fingerprint density at radius 3 is 2.38 bits per heavy atom. The van der Waals surface area contributed by atoms with Crippen LogP contribution < -0.4 is 0 Å². The highest BCUT2D eigenvalue weighted by molar-refractivity contribution is 5.53. The molecule has 1 aromatic carbocycles. The van der Waals surface area contributed by atoms with Crippen LogP contribution in [0.2, 0.25) is 0 Å². The Bertz CT molecular complexity index is 441. The summed E-state index contributed by atoms with van der Waals surface area (Å²) in [6, 6.07) is 6.77. The number of non-ortho nitro benzene ring substituents is 1. The maximum absolute atomic E-state index is 10.7. The smallest absolute Gasteiger partial charge is 0.258 e. The van der Waals surface area contributed by atoms with Crippen molar-refractivity contribution >= 4 is 11.8 Å². The van der Waals surface area contributed by atoms with Crippen LogP contribution in [0.4, 0.5) is 5.69 Å². The molecule has 0 aliphatic heterocycles. The van der Waals surface area contributed by atoms with Crippen LogP contribution in [0, 0.1) is 10.1 Å². The molecule has 0 saturated heterocycles. The van der Waals surface area contributed by atoms with Crippen LogP contribution in [-0.2, 0) is 0 Å². The zero-order valence-electron chi connectivity index (χ0n) is 13.1. The van der Waals surface area contributed by atoms with Gasteiger partial charge >= 0.3 is 0 Å². The van der Waals surface area contributed by atoms with Crippen molar-refractivity contribution in [3.63, 3.8) is 0 Å². The molecule has 0 saturated carbocycles. The highest BCUT2D eigenvalue weighted by atomic mass is 16.6. The third-order valence-corrected chi connectivity index (χ3v) is 3.62. The second-order valence-corrected chi connectivity index (χ2v) is 5.52. The number of hydrogen-bond acceptors (Lipinski definition) is 2. The monoisotopic (exact) mass is 289 g/mol. The number of rotatable bonds is 11. The molecule has 116 valence electrons. The molecule has 1 aromatic rings. The molecule has 3 nitrogen and oxygen atoms in total. The third kappa shape index (κ3) is 8.28. The van der Waals surface area contributed by atoms with Crippen LogP contribution in [0.3, 0.4) is 0 Å². The Morgan fingerprint density at radius 2 is 1.71 bits per heavy atom. The van der Waals surface area contributed by atoms with Crippen molar-refractivity contribution in [3.05, 3.63) is 46.0 Å². The first kappa shape index (κ1) is 17.4. The number of allylic oxidation sites excluding steroid dienone is 1. The zero-order valence-corrected chi connectivity index (χ0v) is 13.1. The van der Waals surface area contributed by atoms with Crippen LogP contribution in [0.15, 0.2) is 30.3 Å². The first-order valence-corrected chi connectivity index (χ1v) is 8.15. The van der Waals surface area contributed by atoms with Gasteiger partial charge in [0.1, 0.15) is 0 Å². The summed E-state index contributed by atoms with van der Waals surface area (Å²) in [5.74, 6) is 0. The van der Waals surface area contributed by atoms with Crippen LogP contribution in [0.5, 0.6) is 0 Å². The summed E-state index contributed by atoms with van der Waals surface area (Å²) in [5.41, 5.74) is 1.06. The normalized spacial score (nSPS) is 11.1. The average Bonchev–Trinajstić information content (AvgIpc) is 2.49. The van der Waals surface area contributed by atoms with Gasteiger partial charge in [-0.1, -0.05) is 76.2 Å². The fourth-order valence-corrected chi connectivity index (χ4v) is 2.36. The lowest BCUT2D eigenvalue weighted by atomic mass is 10.1. The summed E-state index contributed by atoms with van der Waals surface area (Å²) in [6.45, 7) is 2.24. The maximum Gasteiger partial charge on any atom is 0.270 e. The fraction of sp³-hybridized carbons (Fsp3) is 0.556. The van der Waals surface area contributed by atoms with Gasteiger partial charge in [-0.15, -0.1) is 0 Å². The predicted molar refractivity (Wildman–Crippen MR) is 89.4 cm³/mol. The number of nitrogens with zero attached hydrogens (tertiary/aromatic N) is 1. The van der Waals surface area contributed by atoms with Gasteiger partial charge in [-0.25, -0.2) is 0 Å². The molecule has 0 spiro atoms. The van der Waals surface area contributed by atoms with Gasteiger partial charge in [0.15, 0.2) is 0 Å². The lowest BCUT2D eigenvalue weighted by molar-refractivity contribution is -0.384. The van der Waals surface area contributed by atoms with Crippen molar-refractivity contribution in [2.24, 2.45) is 0 Å². The van der Waals surface area contributed by atoms with Gasteiger partial charge in [0.25, 0.3) is 5.69 Å². The number of unbranched alkanes of at least 4 members (excludes halogenated alkanes) is 8. The highest BCUT2D eigenvalue weighted by Gasteiger charge is 2.03. The van der Waals surface area contributed by atoms with E-state index in [1.807, 2.05) is 12.1 Å². The standard InChI is InChI=1S/C18H27NO2/c1-2-3-4-5-6-7-8-9-10-11-13-17-14-12-15-18(16-17)19(20)21/h11-16H,2-10H2,1H3. The summed E-state index contributed by atoms with van der Waals surface area (Å²) < 4.78 is 0. The van der Waals surface area contributed by atoms with Gasteiger partial charge < -0.3 is 0 Å². The molecule has 0 aliphatic rings. The first-order valence-electron chi connectivity index (χ1n) is 8.15. The molecule has 21 heavy (non-hydrogen) atoms. The van der Waals surface area contributed by atoms with E-state index in [0.717, 1.165) is 12.0 Å². The zero-order chi connectivity index (χ0) is 15.3. The second-order valence-electron chi connectivity index (χ2n) is 5.52. The Hall–Kier alpha value is -1.64. The molecule has 0 amide bonds.